The Bertz CT molecular complexity index is 573. The fraction of sp³-hybridized carbons (Fsp3) is 0.867. The number of carbonyl (C=O) groups excluding carboxylic acids is 2. The summed E-state index contributed by atoms with van der Waals surface area (Å²) < 4.78 is 73.0. The zero-order chi connectivity index (χ0) is 18.7. The second-order valence-electron chi connectivity index (χ2n) is 7.52. The van der Waals surface area contributed by atoms with Gasteiger partial charge >= 0.3 is 18.3 Å². The Hall–Kier alpha value is -1.45. The van der Waals surface area contributed by atoms with Crippen LogP contribution >= 0.6 is 0 Å². The fourth-order valence-corrected chi connectivity index (χ4v) is 5.15. The van der Waals surface area contributed by atoms with Crippen LogP contribution in [0, 0.1) is 17.3 Å². The SMILES string of the molecule is O=C(OCC(F)(F)F)C12CC3CC(CC(OC(F)(F)C(=O)[O-])(C3)C1)C2. The van der Waals surface area contributed by atoms with E-state index in [0.717, 1.165) is 0 Å². The number of aliphatic carboxylic acids is 1. The summed E-state index contributed by atoms with van der Waals surface area (Å²) in [6, 6.07) is 0. The second-order valence-corrected chi connectivity index (χ2v) is 7.52. The van der Waals surface area contributed by atoms with Crippen LogP contribution in [0.2, 0.25) is 0 Å². The molecule has 5 nitrogen and oxygen atoms in total. The summed E-state index contributed by atoms with van der Waals surface area (Å²) >= 11 is 0. The maximum absolute atomic E-state index is 13.5. The lowest BCUT2D eigenvalue weighted by molar-refractivity contribution is -0.387. The van der Waals surface area contributed by atoms with E-state index >= 15 is 0 Å². The molecular formula is C15H16F5O5-. The molecule has 0 heterocycles. The maximum atomic E-state index is 13.5. The summed E-state index contributed by atoms with van der Waals surface area (Å²) in [5.74, 6) is -4.16. The van der Waals surface area contributed by atoms with Crippen LogP contribution in [0.15, 0.2) is 0 Å². The van der Waals surface area contributed by atoms with E-state index in [1.54, 1.807) is 0 Å². The number of alkyl halides is 5. The highest BCUT2D eigenvalue weighted by Gasteiger charge is 2.64. The van der Waals surface area contributed by atoms with Gasteiger partial charge in [-0.25, -0.2) is 0 Å². The van der Waals surface area contributed by atoms with Crippen LogP contribution < -0.4 is 5.11 Å². The van der Waals surface area contributed by atoms with Crippen LogP contribution in [-0.2, 0) is 19.1 Å². The van der Waals surface area contributed by atoms with Crippen molar-refractivity contribution in [3.63, 3.8) is 0 Å². The molecule has 0 saturated heterocycles. The van der Waals surface area contributed by atoms with Crippen LogP contribution in [0.3, 0.4) is 0 Å². The second kappa shape index (κ2) is 5.52. The van der Waals surface area contributed by atoms with Crippen molar-refractivity contribution < 1.29 is 46.1 Å². The molecule has 4 bridgehead atoms. The predicted octanol–water partition coefficient (Wildman–Crippen LogP) is 1.79. The minimum atomic E-state index is -4.69. The fourth-order valence-electron chi connectivity index (χ4n) is 5.15. The zero-order valence-electron chi connectivity index (χ0n) is 13.0. The van der Waals surface area contributed by atoms with Crippen molar-refractivity contribution in [1.82, 2.24) is 0 Å². The van der Waals surface area contributed by atoms with E-state index in [4.69, 9.17) is 0 Å². The van der Waals surface area contributed by atoms with Crippen LogP contribution in [0.1, 0.15) is 38.5 Å². The van der Waals surface area contributed by atoms with Crippen molar-refractivity contribution in [1.29, 1.82) is 0 Å². The largest absolute Gasteiger partial charge is 0.542 e. The first-order valence-electron chi connectivity index (χ1n) is 7.88. The number of hydrogen-bond acceptors (Lipinski definition) is 5. The monoisotopic (exact) mass is 371 g/mol. The first kappa shape index (κ1) is 18.3. The third-order valence-electron chi connectivity index (χ3n) is 5.39. The quantitative estimate of drug-likeness (QED) is 0.544. The lowest BCUT2D eigenvalue weighted by atomic mass is 9.48. The Balaban J connectivity index is 1.81. The molecular weight excluding hydrogens is 355 g/mol. The molecule has 2 atom stereocenters. The number of carbonyl (C=O) groups is 2. The maximum Gasteiger partial charge on any atom is 0.422 e. The first-order valence-corrected chi connectivity index (χ1v) is 7.88. The van der Waals surface area contributed by atoms with E-state index in [9.17, 15) is 36.6 Å². The van der Waals surface area contributed by atoms with Crippen molar-refractivity contribution in [3.05, 3.63) is 0 Å². The average molecular weight is 371 g/mol. The van der Waals surface area contributed by atoms with Gasteiger partial charge in [0.25, 0.3) is 0 Å². The van der Waals surface area contributed by atoms with E-state index < -0.39 is 41.8 Å². The molecule has 0 radical (unpaired) electrons. The smallest absolute Gasteiger partial charge is 0.422 e. The summed E-state index contributed by atoms with van der Waals surface area (Å²) in [4.78, 5) is 22.9. The average Bonchev–Trinajstić information content (AvgIpc) is 2.41. The minimum absolute atomic E-state index is 0.140. The molecule has 0 spiro atoms. The molecule has 0 aromatic rings. The lowest BCUT2D eigenvalue weighted by Gasteiger charge is -2.60. The summed E-state index contributed by atoms with van der Waals surface area (Å²) in [7, 11) is 0. The van der Waals surface area contributed by atoms with Gasteiger partial charge in [0.05, 0.1) is 11.0 Å². The normalized spacial score (nSPS) is 37.2. The number of halogens is 5. The van der Waals surface area contributed by atoms with Gasteiger partial charge in [0, 0.05) is 0 Å². The van der Waals surface area contributed by atoms with Crippen LogP contribution in [0.5, 0.6) is 0 Å². The van der Waals surface area contributed by atoms with Gasteiger partial charge in [-0.1, -0.05) is 0 Å². The van der Waals surface area contributed by atoms with Crippen molar-refractivity contribution in [2.75, 3.05) is 6.61 Å². The molecule has 0 aromatic carbocycles. The molecule has 4 aliphatic carbocycles. The zero-order valence-corrected chi connectivity index (χ0v) is 13.0. The molecule has 0 amide bonds. The Kier molecular flexibility index (Phi) is 4.05. The van der Waals surface area contributed by atoms with Crippen LogP contribution in [-0.4, -0.2) is 36.4 Å². The number of rotatable bonds is 5. The van der Waals surface area contributed by atoms with E-state index in [1.807, 2.05) is 0 Å². The summed E-state index contributed by atoms with van der Waals surface area (Å²) in [5.41, 5.74) is -2.90. The Morgan fingerprint density at radius 3 is 2.08 bits per heavy atom. The predicted molar refractivity (Wildman–Crippen MR) is 67.9 cm³/mol. The topological polar surface area (TPSA) is 75.7 Å². The highest BCUT2D eigenvalue weighted by atomic mass is 19.4. The summed E-state index contributed by atoms with van der Waals surface area (Å²) in [5, 5.41) is 10.6. The first-order chi connectivity index (χ1) is 11.3. The highest BCUT2D eigenvalue weighted by Crippen LogP contribution is 2.64. The molecule has 2 unspecified atom stereocenters. The molecule has 25 heavy (non-hydrogen) atoms. The van der Waals surface area contributed by atoms with Gasteiger partial charge in [0.1, 0.15) is 5.97 Å². The summed E-state index contributed by atoms with van der Waals surface area (Å²) in [6.45, 7) is -1.74. The molecule has 4 aliphatic rings. The molecule has 0 aliphatic heterocycles. The molecule has 4 saturated carbocycles. The van der Waals surface area contributed by atoms with E-state index in [0.29, 0.717) is 6.42 Å². The van der Waals surface area contributed by atoms with Crippen molar-refractivity contribution in [2.45, 2.75) is 56.4 Å². The Labute approximate surface area is 139 Å². The van der Waals surface area contributed by atoms with Gasteiger partial charge in [0.2, 0.25) is 0 Å². The third kappa shape index (κ3) is 3.45. The van der Waals surface area contributed by atoms with Crippen LogP contribution in [0.4, 0.5) is 22.0 Å². The number of ether oxygens (including phenoxy) is 2. The molecule has 10 heteroatoms. The van der Waals surface area contributed by atoms with Gasteiger partial charge in [-0.05, 0) is 50.4 Å². The third-order valence-corrected chi connectivity index (χ3v) is 5.39. The number of carboxylic acids is 1. The van der Waals surface area contributed by atoms with Gasteiger partial charge < -0.3 is 19.4 Å². The van der Waals surface area contributed by atoms with Crippen LogP contribution in [0.25, 0.3) is 0 Å². The highest BCUT2D eigenvalue weighted by molar-refractivity contribution is 5.78. The van der Waals surface area contributed by atoms with Gasteiger partial charge in [0.15, 0.2) is 6.61 Å². The van der Waals surface area contributed by atoms with Crippen molar-refractivity contribution >= 4 is 11.9 Å². The molecule has 142 valence electrons. The Morgan fingerprint density at radius 2 is 1.60 bits per heavy atom. The van der Waals surface area contributed by atoms with Gasteiger partial charge in [-0.3, -0.25) is 4.79 Å². The molecule has 0 N–H and O–H groups in total. The minimum Gasteiger partial charge on any atom is -0.542 e. The van der Waals surface area contributed by atoms with E-state index in [1.165, 1.54) is 0 Å². The van der Waals surface area contributed by atoms with Gasteiger partial charge in [-0.2, -0.15) is 22.0 Å². The lowest BCUT2D eigenvalue weighted by Crippen LogP contribution is -2.62. The van der Waals surface area contributed by atoms with Gasteiger partial charge in [-0.15, -0.1) is 0 Å². The molecule has 0 aromatic heterocycles. The number of carboxylic acid groups (broad SMARTS) is 1. The Morgan fingerprint density at radius 1 is 1.04 bits per heavy atom. The molecule has 4 fully saturated rings. The summed E-state index contributed by atoms with van der Waals surface area (Å²) in [6.07, 6.45) is -8.08. The van der Waals surface area contributed by atoms with Crippen molar-refractivity contribution in [2.24, 2.45) is 17.3 Å². The number of esters is 1. The molecule has 4 rings (SSSR count). The van der Waals surface area contributed by atoms with E-state index in [2.05, 4.69) is 9.47 Å². The number of hydrogen-bond donors (Lipinski definition) is 0. The standard InChI is InChI=1S/C15H17F5O5/c16-14(17,18)7-24-11(23)12-2-8-1-9(3-12)5-13(4-8,6-12)25-15(19,20)10(21)22/h8-9H,1-7H2,(H,21,22)/p-1. The van der Waals surface area contributed by atoms with Crippen molar-refractivity contribution in [3.8, 4) is 0 Å². The van der Waals surface area contributed by atoms with E-state index in [-0.39, 0.29) is 43.9 Å².